The van der Waals surface area contributed by atoms with Crippen LogP contribution in [0.1, 0.15) is 209 Å². The Labute approximate surface area is 574 Å². The number of nitrogens with one attached hydrogen (secondary N) is 2. The molecule has 7 N–H and O–H groups in total. The van der Waals surface area contributed by atoms with Gasteiger partial charge < -0.3 is 36.1 Å². The van der Waals surface area contributed by atoms with E-state index in [1.54, 1.807) is 12.1 Å². The minimum absolute atomic E-state index is 0.143. The van der Waals surface area contributed by atoms with E-state index in [2.05, 4.69) is 263 Å². The number of phenolic OH excluding ortho intramolecular Hbond substituents is 1. The normalized spacial score (nSPS) is 11.5. The maximum atomic E-state index is 12.1. The van der Waals surface area contributed by atoms with Crippen LogP contribution >= 0.6 is 15.9 Å². The van der Waals surface area contributed by atoms with Gasteiger partial charge in [-0.05, 0) is 180 Å². The van der Waals surface area contributed by atoms with Crippen molar-refractivity contribution in [2.45, 2.75) is 209 Å². The van der Waals surface area contributed by atoms with E-state index in [-0.39, 0.29) is 44.8 Å². The molecule has 6 aromatic rings. The van der Waals surface area contributed by atoms with Crippen LogP contribution < -0.4 is 26.3 Å². The number of halogens is 4. The lowest BCUT2D eigenvalue weighted by molar-refractivity contribution is -0.0500. The van der Waals surface area contributed by atoms with Crippen molar-refractivity contribution in [3.8, 4) is 47.0 Å². The zero-order valence-electron chi connectivity index (χ0n) is 60.6. The number of amides is 1. The molecule has 0 heterocycles. The van der Waals surface area contributed by atoms with Gasteiger partial charge in [-0.15, -0.1) is 0 Å². The topological polar surface area (TPSA) is 166 Å². The summed E-state index contributed by atoms with van der Waals surface area (Å²) in [6, 6.07) is 46.8. The van der Waals surface area contributed by atoms with E-state index < -0.39 is 27.3 Å². The molecule has 0 unspecified atom stereocenters. The summed E-state index contributed by atoms with van der Waals surface area (Å²) < 4.78 is 68.0. The average molecular weight is 1380 g/mol. The lowest BCUT2D eigenvalue weighted by atomic mass is 9.87. The lowest BCUT2D eigenvalue weighted by Gasteiger charge is -2.19. The molecule has 0 fully saturated rings. The van der Waals surface area contributed by atoms with E-state index in [4.69, 9.17) is 15.6 Å². The molecule has 0 aliphatic carbocycles. The number of ether oxygens (including phenoxy) is 1. The molecule has 0 aliphatic heterocycles. The Morgan fingerprint density at radius 3 is 1.03 bits per heavy atom. The van der Waals surface area contributed by atoms with Crippen LogP contribution in [0.3, 0.4) is 0 Å². The summed E-state index contributed by atoms with van der Waals surface area (Å²) in [6.45, 7) is 49.9. The molecule has 6 rings (SSSR count). The van der Waals surface area contributed by atoms with E-state index in [0.717, 1.165) is 33.3 Å². The van der Waals surface area contributed by atoms with Gasteiger partial charge in [-0.2, -0.15) is 21.6 Å². The van der Waals surface area contributed by atoms with Gasteiger partial charge in [0.2, 0.25) is 0 Å². The number of carbonyl (C=O) groups is 1. The monoisotopic (exact) mass is 1380 g/mol. The van der Waals surface area contributed by atoms with Gasteiger partial charge in [-0.3, -0.25) is 0 Å². The SMILES string of the molecule is CC(C)(C)OC(=O)NCC#Cc1ccc(C(C)(C)C)cc1.CC(C)(C)c1ccc(Br)cc1.CC(C)(C)c1ccc(C#CCN)cc1.CC(C)(C)c1ccc(O)cc1.CC(C)(C)c1ccc(OS(=O)(=O)C(F)(F)F)cc1.CC(C)NCC#Cc1ccc(C(C)(C)C)cc1.CN. The molecule has 0 saturated carbocycles. The highest BCUT2D eigenvalue weighted by molar-refractivity contribution is 9.10. The standard InChI is InChI=1S/C18H25NO2.C16H23N.C13H17N.C11H13F3O3S.C10H13Br.C10H14O.CH5N/c1-17(2,3)15-11-9-14(10-12-15)8-7-13-19-16(20)21-18(4,5)6;1-13(2)17-12-6-7-14-8-10-15(11-9-14)16(3,4)5;1-13(2,3)12-8-6-11(7-9-12)5-4-10-14;1-10(2,3)8-4-6-9(7-5-8)17-18(15,16)11(12,13)14;2*1-10(2,3)8-4-6-9(11)7-5-8;1-2/h9-12H,13H2,1-6H3,(H,19,20);8-11,13,17H,12H2,1-5H3;6-9H,10,14H2,1-3H3;4-7H,1-3H3;4-7H,1-3H3;4-7,11H,1-3H3;2H2,1H3. The number of alkyl carbamates (subject to hydrolysis) is 1. The first-order valence-corrected chi connectivity index (χ1v) is 33.6. The average Bonchev–Trinajstić information content (AvgIpc) is 0.902. The number of hydrogen-bond donors (Lipinski definition) is 5. The number of alkyl halides is 3. The van der Waals surface area contributed by atoms with Crippen LogP contribution in [0.2, 0.25) is 0 Å². The fourth-order valence-corrected chi connectivity index (χ4v) is 8.11. The van der Waals surface area contributed by atoms with Gasteiger partial charge in [0.25, 0.3) is 0 Å². The highest BCUT2D eigenvalue weighted by Crippen LogP contribution is 2.30. The minimum Gasteiger partial charge on any atom is -0.508 e. The lowest BCUT2D eigenvalue weighted by Crippen LogP contribution is -2.32. The molecule has 94 heavy (non-hydrogen) atoms. The predicted molar refractivity (Wildman–Crippen MR) is 393 cm³/mol. The van der Waals surface area contributed by atoms with Crippen molar-refractivity contribution >= 4 is 32.1 Å². The van der Waals surface area contributed by atoms with Gasteiger partial charge in [-0.1, -0.05) is 249 Å². The number of hydrogen-bond acceptors (Lipinski definition) is 9. The fourth-order valence-electron chi connectivity index (χ4n) is 7.39. The number of phenols is 1. The van der Waals surface area contributed by atoms with Crippen molar-refractivity contribution in [2.24, 2.45) is 11.5 Å². The second kappa shape index (κ2) is 39.1. The second-order valence-corrected chi connectivity index (χ2v) is 31.7. The fraction of sp³-hybridized carbons (Fsp3) is 0.456. The Bertz CT molecular complexity index is 3410. The molecular formula is C79H110BrF3N4O6S. The van der Waals surface area contributed by atoms with Crippen molar-refractivity contribution in [2.75, 3.05) is 26.7 Å². The molecule has 0 radical (unpaired) electrons. The number of carbonyl (C=O) groups excluding carboxylic acids is 1. The van der Waals surface area contributed by atoms with Crippen molar-refractivity contribution in [3.05, 3.63) is 200 Å². The van der Waals surface area contributed by atoms with Crippen molar-refractivity contribution < 1.29 is 40.4 Å². The molecule has 516 valence electrons. The Morgan fingerprint density at radius 1 is 0.479 bits per heavy atom. The summed E-state index contributed by atoms with van der Waals surface area (Å²) in [5.74, 6) is 18.1. The molecule has 6 aromatic carbocycles. The second-order valence-electron chi connectivity index (χ2n) is 29.3. The van der Waals surface area contributed by atoms with E-state index in [1.165, 1.54) is 59.1 Å². The van der Waals surface area contributed by atoms with E-state index >= 15 is 0 Å². The first-order chi connectivity index (χ1) is 42.9. The van der Waals surface area contributed by atoms with Crippen LogP contribution in [-0.4, -0.2) is 63.5 Å². The van der Waals surface area contributed by atoms with E-state index in [1.807, 2.05) is 77.9 Å². The summed E-state index contributed by atoms with van der Waals surface area (Å²) in [4.78, 5) is 11.4. The van der Waals surface area contributed by atoms with Crippen LogP contribution in [0.15, 0.2) is 150 Å². The summed E-state index contributed by atoms with van der Waals surface area (Å²) in [5, 5.41) is 14.9. The molecule has 0 spiro atoms. The Hall–Kier alpha value is -7.03. The summed E-state index contributed by atoms with van der Waals surface area (Å²) in [7, 11) is -4.10. The number of rotatable bonds is 5. The predicted octanol–water partition coefficient (Wildman–Crippen LogP) is 18.7. The largest absolute Gasteiger partial charge is 0.534 e. The maximum Gasteiger partial charge on any atom is 0.534 e. The number of aromatic hydroxyl groups is 1. The zero-order chi connectivity index (χ0) is 72.7. The zero-order valence-corrected chi connectivity index (χ0v) is 63.0. The van der Waals surface area contributed by atoms with Gasteiger partial charge in [0.1, 0.15) is 17.1 Å². The molecule has 0 bridgehead atoms. The summed E-state index contributed by atoms with van der Waals surface area (Å²) in [6.07, 6.45) is -0.445. The number of nitrogens with two attached hydrogens (primary N) is 2. The Morgan fingerprint density at radius 2 is 0.755 bits per heavy atom. The molecule has 0 aromatic heterocycles. The van der Waals surface area contributed by atoms with Gasteiger partial charge in [-0.25, -0.2) is 4.79 Å². The molecule has 0 aliphatic rings. The van der Waals surface area contributed by atoms with Gasteiger partial charge >= 0.3 is 21.7 Å². The van der Waals surface area contributed by atoms with Crippen LogP contribution in [-0.2, 0) is 47.3 Å². The van der Waals surface area contributed by atoms with Gasteiger partial charge in [0.15, 0.2) is 0 Å². The van der Waals surface area contributed by atoms with Gasteiger partial charge in [0.05, 0.1) is 19.6 Å². The highest BCUT2D eigenvalue weighted by Gasteiger charge is 2.48. The highest BCUT2D eigenvalue weighted by atomic mass is 79.9. The van der Waals surface area contributed by atoms with Crippen LogP contribution in [0, 0.1) is 35.5 Å². The van der Waals surface area contributed by atoms with Gasteiger partial charge in [0, 0.05) is 27.2 Å². The molecule has 0 saturated heterocycles. The maximum absolute atomic E-state index is 12.1. The van der Waals surface area contributed by atoms with E-state index in [9.17, 15) is 26.4 Å². The van der Waals surface area contributed by atoms with Crippen molar-refractivity contribution in [1.82, 2.24) is 10.6 Å². The molecular weight excluding hydrogens is 1270 g/mol. The van der Waals surface area contributed by atoms with Crippen molar-refractivity contribution in [3.63, 3.8) is 0 Å². The molecule has 15 heteroatoms. The first-order valence-electron chi connectivity index (χ1n) is 31.4. The quantitative estimate of drug-likeness (QED) is 0.0642. The third kappa shape index (κ3) is 37.8. The summed E-state index contributed by atoms with van der Waals surface area (Å²) >= 11 is 3.41. The Balaban J connectivity index is 0.00000111. The Kier molecular flexibility index (Phi) is 36.2. The molecule has 1 amide bonds. The third-order valence-corrected chi connectivity index (χ3v) is 14.5. The third-order valence-electron chi connectivity index (χ3n) is 13.0. The van der Waals surface area contributed by atoms with Crippen molar-refractivity contribution in [1.29, 1.82) is 0 Å². The van der Waals surface area contributed by atoms with Crippen LogP contribution in [0.4, 0.5) is 18.0 Å². The number of benzene rings is 6. The molecule has 0 atom stereocenters. The van der Waals surface area contributed by atoms with Crippen LogP contribution in [0.25, 0.3) is 0 Å². The van der Waals surface area contributed by atoms with Crippen LogP contribution in [0.5, 0.6) is 11.5 Å². The minimum atomic E-state index is -5.60. The first kappa shape index (κ1) is 87.0. The molecule has 10 nitrogen and oxygen atoms in total. The van der Waals surface area contributed by atoms with E-state index in [0.29, 0.717) is 18.3 Å². The summed E-state index contributed by atoms with van der Waals surface area (Å²) in [5.41, 5.74) is 15.2. The smallest absolute Gasteiger partial charge is 0.508 e.